The number of oxime groups is 1. The number of nitrogen functional groups attached to an aromatic ring is 2. The maximum atomic E-state index is 13.3. The number of carboxylic acid groups (broad SMARTS) is 2. The van der Waals surface area contributed by atoms with Crippen molar-refractivity contribution in [1.82, 2.24) is 29.2 Å². The number of thioether (sulfide) groups is 1. The van der Waals surface area contributed by atoms with Crippen molar-refractivity contribution in [2.75, 3.05) is 30.3 Å². The van der Waals surface area contributed by atoms with Gasteiger partial charge in [0, 0.05) is 35.9 Å². The number of fused-ring (bicyclic) bond motifs is 1. The Bertz CT molecular complexity index is 1880. The Labute approximate surface area is 297 Å². The van der Waals surface area contributed by atoms with Crippen LogP contribution in [0.3, 0.4) is 0 Å². The van der Waals surface area contributed by atoms with Crippen LogP contribution in [0.4, 0.5) is 10.9 Å². The predicted molar refractivity (Wildman–Crippen MR) is 177 cm³/mol. The molecule has 0 aliphatic carbocycles. The Hall–Kier alpha value is -5.09. The molecule has 0 bridgehead atoms. The number of rotatable bonds is 13. The van der Waals surface area contributed by atoms with Crippen LogP contribution in [-0.4, -0.2) is 123 Å². The van der Waals surface area contributed by atoms with E-state index in [9.17, 15) is 29.4 Å². The zero-order valence-corrected chi connectivity index (χ0v) is 29.5. The molecule has 4 rings (SSSR count). The zero-order chi connectivity index (χ0) is 38.6. The van der Waals surface area contributed by atoms with Crippen molar-refractivity contribution < 1.29 is 56.4 Å². The van der Waals surface area contributed by atoms with E-state index in [2.05, 4.69) is 19.8 Å². The maximum absolute atomic E-state index is 13.3. The van der Waals surface area contributed by atoms with Gasteiger partial charge in [-0.15, -0.1) is 21.1 Å². The van der Waals surface area contributed by atoms with Crippen LogP contribution in [0.2, 0.25) is 0 Å². The van der Waals surface area contributed by atoms with E-state index < -0.39 is 56.9 Å². The van der Waals surface area contributed by atoms with Crippen LogP contribution in [0.25, 0.3) is 0 Å². The highest BCUT2D eigenvalue weighted by molar-refractivity contribution is 8.00. The number of aromatic nitrogens is 4. The highest BCUT2D eigenvalue weighted by Gasteiger charge is 2.55. The predicted octanol–water partition coefficient (Wildman–Crippen LogP) is -3.99. The van der Waals surface area contributed by atoms with Gasteiger partial charge < -0.3 is 52.8 Å². The summed E-state index contributed by atoms with van der Waals surface area (Å²) in [4.78, 5) is 62.1. The number of guanidine groups is 1. The molecule has 0 unspecified atom stereocenters. The van der Waals surface area contributed by atoms with Crippen molar-refractivity contribution in [3.05, 3.63) is 28.9 Å². The number of β-lactam (4-membered cyclic amide) rings is 1. The normalized spacial score (nSPS) is 17.5. The fraction of sp³-hybridized carbons (Fsp3) is 0.458. The van der Waals surface area contributed by atoms with Gasteiger partial charge in [-0.1, -0.05) is 5.16 Å². The standard InChI is InChI=1S/C24H33N13O7S2.H2O4S/c1-24(2,21(42)43)44-32-12(16-31-23(29)46-33-16)17(38)30-13-18(39)37-14(20(40)41)11(9-45-19(13)37)8-36-7-10(15(26)34(36)3)6-35(5-4-25)22(27)28;1-5(2,3)4/h7,13,19,26H,4-6,8-9,25H2,1-3H3,(H8,27,28,29,30,31,33,38,40,41,42,43);(H2,1,2,3,4)/b32-12-;/t13-,19-;/m1./s1. The molecule has 27 heteroatoms. The molecule has 0 radical (unpaired) electrons. The molecule has 24 nitrogen and oxygen atoms in total. The number of carbonyl (C=O) groups is 4. The van der Waals surface area contributed by atoms with E-state index in [4.69, 9.17) is 50.7 Å². The summed E-state index contributed by atoms with van der Waals surface area (Å²) in [6.07, 6.45) is 1.71. The number of carboxylic acids is 2. The molecule has 1 saturated heterocycles. The average Bonchev–Trinajstić information content (AvgIpc) is 3.56. The maximum Gasteiger partial charge on any atom is 0.352 e. The number of carbonyl (C=O) groups excluding carboxylic acids is 2. The van der Waals surface area contributed by atoms with Gasteiger partial charge in [0.15, 0.2) is 23.5 Å². The number of hydrogen-bond acceptors (Lipinski definition) is 17. The Morgan fingerprint density at radius 1 is 1.31 bits per heavy atom. The van der Waals surface area contributed by atoms with Crippen molar-refractivity contribution in [3.8, 4) is 0 Å². The van der Waals surface area contributed by atoms with Crippen LogP contribution < -0.4 is 32.9 Å². The Morgan fingerprint density at radius 3 is 2.45 bits per heavy atom. The van der Waals surface area contributed by atoms with Crippen LogP contribution in [0.1, 0.15) is 25.2 Å². The van der Waals surface area contributed by atoms with Crippen LogP contribution >= 0.6 is 23.3 Å². The van der Waals surface area contributed by atoms with Gasteiger partial charge in [0.05, 0.1) is 19.2 Å². The molecular formula is C24H35N13O11S3. The average molecular weight is 778 g/mol. The summed E-state index contributed by atoms with van der Waals surface area (Å²) in [5.41, 5.74) is 21.7. The molecule has 4 heterocycles. The van der Waals surface area contributed by atoms with Gasteiger partial charge in [-0.3, -0.25) is 24.5 Å². The molecule has 2 aromatic heterocycles. The number of nitrogens with one attached hydrogen (secondary N) is 2. The summed E-state index contributed by atoms with van der Waals surface area (Å²) in [5.74, 6) is -4.19. The van der Waals surface area contributed by atoms with Crippen molar-refractivity contribution in [2.24, 2.45) is 23.7 Å². The third-order valence-electron chi connectivity index (χ3n) is 7.11. The van der Waals surface area contributed by atoms with Crippen molar-refractivity contribution in [1.29, 1.82) is 5.41 Å². The Balaban J connectivity index is 0.00000131. The first kappa shape index (κ1) is 40.3. The Kier molecular flexibility index (Phi) is 12.5. The van der Waals surface area contributed by atoms with Gasteiger partial charge in [0.1, 0.15) is 17.1 Å². The fourth-order valence-electron chi connectivity index (χ4n) is 4.52. The molecule has 0 spiro atoms. The molecule has 280 valence electrons. The van der Waals surface area contributed by atoms with Gasteiger partial charge in [0.2, 0.25) is 33.7 Å². The molecule has 13 N–H and O–H groups in total. The molecule has 2 aliphatic rings. The van der Waals surface area contributed by atoms with Crippen molar-refractivity contribution >= 4 is 80.1 Å². The minimum Gasteiger partial charge on any atom is -0.726 e. The fourth-order valence-corrected chi connectivity index (χ4v) is 6.29. The summed E-state index contributed by atoms with van der Waals surface area (Å²) >= 11 is 2.00. The van der Waals surface area contributed by atoms with Crippen LogP contribution in [0.15, 0.2) is 22.6 Å². The van der Waals surface area contributed by atoms with E-state index in [1.165, 1.54) is 25.6 Å². The number of hydrogen-bond donors (Lipinski definition) is 9. The lowest BCUT2D eigenvalue weighted by atomic mass is 10.0. The SMILES string of the molecule is Cn1c(N)c(CN(CCN)C(=N)N)c[n+]1CC1=C(C(=O)O)N2C(=O)[C@@H](NC(=O)/C(=N\OC(C)(C)C(=O)O)c3nsc(N)n3)[C@H]2SC1.O=S(=O)([O-])O. The van der Waals surface area contributed by atoms with Gasteiger partial charge in [0.25, 0.3) is 11.8 Å². The molecule has 0 saturated carbocycles. The highest BCUT2D eigenvalue weighted by atomic mass is 32.3. The first-order valence-electron chi connectivity index (χ1n) is 14.2. The summed E-state index contributed by atoms with van der Waals surface area (Å²) in [7, 11) is -3.23. The van der Waals surface area contributed by atoms with Gasteiger partial charge >= 0.3 is 11.9 Å². The summed E-state index contributed by atoms with van der Waals surface area (Å²) in [5, 5.41) is 32.7. The lowest BCUT2D eigenvalue weighted by molar-refractivity contribution is -0.765. The second-order valence-corrected chi connectivity index (χ2v) is 13.8. The summed E-state index contributed by atoms with van der Waals surface area (Å²) in [6, 6.07) is -1.15. The van der Waals surface area contributed by atoms with Crippen LogP contribution in [-0.2, 0) is 54.6 Å². The molecule has 2 atom stereocenters. The van der Waals surface area contributed by atoms with E-state index in [0.717, 1.165) is 16.4 Å². The molecule has 0 aromatic carbocycles. The number of nitrogens with two attached hydrogens (primary N) is 4. The second-order valence-electron chi connectivity index (χ2n) is 11.1. The topological polar surface area (TPSA) is 389 Å². The van der Waals surface area contributed by atoms with E-state index in [-0.39, 0.29) is 48.0 Å². The minimum atomic E-state index is -4.92. The van der Waals surface area contributed by atoms with E-state index in [0.29, 0.717) is 23.5 Å². The van der Waals surface area contributed by atoms with Gasteiger partial charge in [-0.2, -0.15) is 9.36 Å². The number of nitrogens with zero attached hydrogens (tertiary/aromatic N) is 7. The van der Waals surface area contributed by atoms with Crippen LogP contribution in [0, 0.1) is 5.41 Å². The quantitative estimate of drug-likeness (QED) is 0.0178. The second kappa shape index (κ2) is 15.9. The first-order valence-corrected chi connectivity index (χ1v) is 17.4. The molecule has 1 fully saturated rings. The molecular weight excluding hydrogens is 743 g/mol. The largest absolute Gasteiger partial charge is 0.726 e. The first-order chi connectivity index (χ1) is 23.6. The molecule has 51 heavy (non-hydrogen) atoms. The number of aliphatic carboxylic acids is 2. The molecule has 2 aromatic rings. The number of anilines is 2. The highest BCUT2D eigenvalue weighted by Crippen LogP contribution is 2.40. The smallest absolute Gasteiger partial charge is 0.352 e. The zero-order valence-electron chi connectivity index (χ0n) is 27.0. The van der Waals surface area contributed by atoms with Gasteiger partial charge in [-0.05, 0) is 13.8 Å². The lowest BCUT2D eigenvalue weighted by Gasteiger charge is -2.49. The number of amides is 2. The van der Waals surface area contributed by atoms with Gasteiger partial charge in [-0.25, -0.2) is 18.0 Å². The van der Waals surface area contributed by atoms with Crippen molar-refractivity contribution in [2.45, 2.75) is 44.0 Å². The van der Waals surface area contributed by atoms with Crippen LogP contribution in [0.5, 0.6) is 0 Å². The minimum absolute atomic E-state index is 0.00204. The summed E-state index contributed by atoms with van der Waals surface area (Å²) < 4.78 is 40.1. The third kappa shape index (κ3) is 9.79. The van der Waals surface area contributed by atoms with E-state index >= 15 is 0 Å². The monoisotopic (exact) mass is 777 g/mol. The van der Waals surface area contributed by atoms with Crippen molar-refractivity contribution in [3.63, 3.8) is 0 Å². The third-order valence-corrected chi connectivity index (χ3v) is 8.99. The molecule has 2 aliphatic heterocycles. The Morgan fingerprint density at radius 2 is 1.94 bits per heavy atom. The lowest BCUT2D eigenvalue weighted by Crippen LogP contribution is -2.71. The summed E-state index contributed by atoms with van der Waals surface area (Å²) in [6.45, 7) is 3.31. The van der Waals surface area contributed by atoms with E-state index in [1.807, 2.05) is 0 Å². The van der Waals surface area contributed by atoms with E-state index in [1.54, 1.807) is 27.5 Å². The molecule has 2 amide bonds.